The van der Waals surface area contributed by atoms with Gasteiger partial charge in [-0.05, 0) is 43.7 Å². The Morgan fingerprint density at radius 2 is 1.78 bits per heavy atom. The van der Waals surface area contributed by atoms with Gasteiger partial charge in [-0.25, -0.2) is 0 Å². The zero-order valence-corrected chi connectivity index (χ0v) is 19.3. The number of amides is 2. The van der Waals surface area contributed by atoms with E-state index in [2.05, 4.69) is 17.1 Å². The van der Waals surface area contributed by atoms with Gasteiger partial charge in [0.1, 0.15) is 0 Å². The standard InChI is InChI=1S/C24H36N4O4/c1-3-20-7-5-6-8-21(20)25-22(29)16-26-11-13-28(14-12-26)23(30)17-27(15-19-9-10-19)18-24(31)32-4-2/h5-8,19H,3-4,9-18H2,1-2H3,(H,25,29). The van der Waals surface area contributed by atoms with E-state index in [1.807, 2.05) is 34.1 Å². The second kappa shape index (κ2) is 12.0. The molecule has 0 aromatic heterocycles. The van der Waals surface area contributed by atoms with Crippen LogP contribution in [0.5, 0.6) is 0 Å². The fourth-order valence-electron chi connectivity index (χ4n) is 4.03. The molecule has 0 bridgehead atoms. The number of ether oxygens (including phenoxy) is 1. The molecule has 1 saturated carbocycles. The lowest BCUT2D eigenvalue weighted by Crippen LogP contribution is -2.53. The van der Waals surface area contributed by atoms with Gasteiger partial charge in [-0.1, -0.05) is 25.1 Å². The number of hydrogen-bond donors (Lipinski definition) is 1. The first-order chi connectivity index (χ1) is 15.5. The minimum absolute atomic E-state index is 0.0317. The number of carbonyl (C=O) groups is 3. The Hall–Kier alpha value is -2.45. The molecule has 0 atom stereocenters. The Morgan fingerprint density at radius 1 is 1.06 bits per heavy atom. The molecule has 8 heteroatoms. The molecular formula is C24H36N4O4. The predicted molar refractivity (Wildman–Crippen MR) is 123 cm³/mol. The quantitative estimate of drug-likeness (QED) is 0.522. The van der Waals surface area contributed by atoms with Gasteiger partial charge < -0.3 is 15.0 Å². The molecule has 1 aliphatic heterocycles. The highest BCUT2D eigenvalue weighted by molar-refractivity contribution is 5.93. The molecule has 32 heavy (non-hydrogen) atoms. The number of rotatable bonds is 11. The average Bonchev–Trinajstić information content (AvgIpc) is 3.58. The number of nitrogens with zero attached hydrogens (tertiary/aromatic N) is 3. The van der Waals surface area contributed by atoms with Gasteiger partial charge in [-0.15, -0.1) is 0 Å². The van der Waals surface area contributed by atoms with Crippen LogP contribution < -0.4 is 5.32 Å². The van der Waals surface area contributed by atoms with Crippen LogP contribution in [0.3, 0.4) is 0 Å². The summed E-state index contributed by atoms with van der Waals surface area (Å²) >= 11 is 0. The molecular weight excluding hydrogens is 408 g/mol. The van der Waals surface area contributed by atoms with Crippen LogP contribution in [0.4, 0.5) is 5.69 Å². The monoisotopic (exact) mass is 444 g/mol. The van der Waals surface area contributed by atoms with E-state index in [0.29, 0.717) is 45.2 Å². The molecule has 8 nitrogen and oxygen atoms in total. The maximum absolute atomic E-state index is 12.8. The summed E-state index contributed by atoms with van der Waals surface area (Å²) in [6.07, 6.45) is 3.19. The number of aryl methyl sites for hydroxylation is 1. The molecule has 1 aromatic carbocycles. The predicted octanol–water partition coefficient (Wildman–Crippen LogP) is 1.61. The summed E-state index contributed by atoms with van der Waals surface area (Å²) in [5.41, 5.74) is 1.99. The highest BCUT2D eigenvalue weighted by atomic mass is 16.5. The van der Waals surface area contributed by atoms with Crippen molar-refractivity contribution in [2.75, 3.05) is 64.3 Å². The molecule has 2 fully saturated rings. The largest absolute Gasteiger partial charge is 0.465 e. The zero-order valence-electron chi connectivity index (χ0n) is 19.3. The minimum atomic E-state index is -0.276. The fraction of sp³-hybridized carbons (Fsp3) is 0.625. The molecule has 1 aromatic rings. The number of esters is 1. The molecule has 2 amide bonds. The maximum Gasteiger partial charge on any atom is 0.320 e. The summed E-state index contributed by atoms with van der Waals surface area (Å²) in [6.45, 7) is 8.20. The number of benzene rings is 1. The van der Waals surface area contributed by atoms with Gasteiger partial charge >= 0.3 is 5.97 Å². The fourth-order valence-corrected chi connectivity index (χ4v) is 4.03. The first-order valence-electron chi connectivity index (χ1n) is 11.7. The van der Waals surface area contributed by atoms with Crippen molar-refractivity contribution in [3.05, 3.63) is 29.8 Å². The SMILES string of the molecule is CCOC(=O)CN(CC(=O)N1CCN(CC(=O)Nc2ccccc2CC)CC1)CC1CC1. The van der Waals surface area contributed by atoms with Crippen molar-refractivity contribution in [3.8, 4) is 0 Å². The van der Waals surface area contributed by atoms with Crippen molar-refractivity contribution in [1.29, 1.82) is 0 Å². The van der Waals surface area contributed by atoms with Crippen LogP contribution >= 0.6 is 0 Å². The van der Waals surface area contributed by atoms with Crippen LogP contribution in [0.15, 0.2) is 24.3 Å². The van der Waals surface area contributed by atoms with Crippen LogP contribution in [-0.2, 0) is 25.5 Å². The van der Waals surface area contributed by atoms with E-state index in [4.69, 9.17) is 4.74 Å². The van der Waals surface area contributed by atoms with Crippen molar-refractivity contribution >= 4 is 23.5 Å². The van der Waals surface area contributed by atoms with Crippen molar-refractivity contribution < 1.29 is 19.1 Å². The number of anilines is 1. The summed E-state index contributed by atoms with van der Waals surface area (Å²) in [4.78, 5) is 43.0. The van der Waals surface area contributed by atoms with Crippen LogP contribution in [0.25, 0.3) is 0 Å². The Labute approximate surface area is 190 Å². The molecule has 2 aliphatic rings. The minimum Gasteiger partial charge on any atom is -0.465 e. The van der Waals surface area contributed by atoms with Gasteiger partial charge in [-0.2, -0.15) is 0 Å². The average molecular weight is 445 g/mol. The Bertz CT molecular complexity index is 788. The smallest absolute Gasteiger partial charge is 0.320 e. The first-order valence-corrected chi connectivity index (χ1v) is 11.7. The number of hydrogen-bond acceptors (Lipinski definition) is 6. The molecule has 3 rings (SSSR count). The zero-order chi connectivity index (χ0) is 22.9. The Morgan fingerprint density at radius 3 is 2.44 bits per heavy atom. The van der Waals surface area contributed by atoms with E-state index in [1.165, 1.54) is 0 Å². The molecule has 1 aliphatic carbocycles. The molecule has 1 heterocycles. The van der Waals surface area contributed by atoms with E-state index in [9.17, 15) is 14.4 Å². The highest BCUT2D eigenvalue weighted by Crippen LogP contribution is 2.29. The molecule has 1 N–H and O–H groups in total. The van der Waals surface area contributed by atoms with Crippen molar-refractivity contribution in [1.82, 2.24) is 14.7 Å². The van der Waals surface area contributed by atoms with Crippen molar-refractivity contribution in [2.45, 2.75) is 33.1 Å². The van der Waals surface area contributed by atoms with Gasteiger partial charge in [0, 0.05) is 38.4 Å². The van der Waals surface area contributed by atoms with Crippen molar-refractivity contribution in [3.63, 3.8) is 0 Å². The molecule has 0 radical (unpaired) electrons. The Kier molecular flexibility index (Phi) is 9.05. The topological polar surface area (TPSA) is 82.2 Å². The van der Waals surface area contributed by atoms with Gasteiger partial charge in [0.25, 0.3) is 0 Å². The third kappa shape index (κ3) is 7.60. The molecule has 0 unspecified atom stereocenters. The summed E-state index contributed by atoms with van der Waals surface area (Å²) in [5, 5.41) is 3.01. The van der Waals surface area contributed by atoms with Crippen LogP contribution in [0, 0.1) is 5.92 Å². The van der Waals surface area contributed by atoms with Crippen LogP contribution in [-0.4, -0.2) is 91.4 Å². The third-order valence-corrected chi connectivity index (χ3v) is 5.99. The third-order valence-electron chi connectivity index (χ3n) is 5.99. The number of piperazine rings is 1. The second-order valence-electron chi connectivity index (χ2n) is 8.63. The van der Waals surface area contributed by atoms with E-state index >= 15 is 0 Å². The second-order valence-corrected chi connectivity index (χ2v) is 8.63. The van der Waals surface area contributed by atoms with E-state index in [1.54, 1.807) is 6.92 Å². The highest BCUT2D eigenvalue weighted by Gasteiger charge is 2.29. The van der Waals surface area contributed by atoms with E-state index in [-0.39, 0.29) is 30.9 Å². The number of para-hydroxylation sites is 1. The van der Waals surface area contributed by atoms with E-state index < -0.39 is 0 Å². The van der Waals surface area contributed by atoms with Crippen LogP contribution in [0.2, 0.25) is 0 Å². The maximum atomic E-state index is 12.8. The van der Waals surface area contributed by atoms with Gasteiger partial charge in [0.2, 0.25) is 11.8 Å². The molecule has 176 valence electrons. The van der Waals surface area contributed by atoms with Crippen LogP contribution in [0.1, 0.15) is 32.3 Å². The van der Waals surface area contributed by atoms with Gasteiger partial charge in [-0.3, -0.25) is 24.2 Å². The van der Waals surface area contributed by atoms with E-state index in [0.717, 1.165) is 37.1 Å². The number of nitrogens with one attached hydrogen (secondary N) is 1. The number of carbonyl (C=O) groups excluding carboxylic acids is 3. The molecule has 1 saturated heterocycles. The Balaban J connectivity index is 1.43. The first kappa shape index (κ1) is 24.2. The summed E-state index contributed by atoms with van der Waals surface area (Å²) in [5.74, 6) is 0.318. The van der Waals surface area contributed by atoms with Gasteiger partial charge in [0.15, 0.2) is 0 Å². The lowest BCUT2D eigenvalue weighted by Gasteiger charge is -2.35. The summed E-state index contributed by atoms with van der Waals surface area (Å²) in [7, 11) is 0. The van der Waals surface area contributed by atoms with Crippen molar-refractivity contribution in [2.24, 2.45) is 5.92 Å². The summed E-state index contributed by atoms with van der Waals surface area (Å²) in [6, 6.07) is 7.85. The molecule has 0 spiro atoms. The normalized spacial score (nSPS) is 16.8. The van der Waals surface area contributed by atoms with Gasteiger partial charge in [0.05, 0.1) is 26.2 Å². The lowest BCUT2D eigenvalue weighted by atomic mass is 10.1. The lowest BCUT2D eigenvalue weighted by molar-refractivity contribution is -0.145. The summed E-state index contributed by atoms with van der Waals surface area (Å²) < 4.78 is 5.06.